The molecule has 0 rings (SSSR count). The predicted molar refractivity (Wildman–Crippen MR) is 216 cm³/mol. The van der Waals surface area contributed by atoms with Crippen molar-refractivity contribution in [3.05, 3.63) is 0 Å². The highest BCUT2D eigenvalue weighted by Gasteiger charge is 2.20. The molecular formula is C42H86NO9P. The van der Waals surface area contributed by atoms with Gasteiger partial charge in [-0.1, -0.05) is 162 Å². The fourth-order valence-electron chi connectivity index (χ4n) is 6.28. The summed E-state index contributed by atoms with van der Waals surface area (Å²) in [5, 5.41) is 20.3. The molecule has 11 heteroatoms. The standard InChI is InChI=1S/C42H86NO9P/c1-6-8-10-12-13-14-15-16-17-18-19-23-26-30-35-49-37-39(38-51-53(47,48)50-36-34-43(3,4)5)52-42(46)33-29-25-22-20-21-24-28-32-41(45)40(44)31-27-11-9-7-2/h39-41,44-45H,6-38H2,1-5H3. The molecule has 0 radical (unpaired) electrons. The van der Waals surface area contributed by atoms with Crippen molar-refractivity contribution in [2.45, 2.75) is 212 Å². The average Bonchev–Trinajstić information content (AvgIpc) is 3.10. The molecule has 318 valence electrons. The third kappa shape index (κ3) is 38.1. The first-order valence-corrected chi connectivity index (χ1v) is 23.4. The van der Waals surface area contributed by atoms with Gasteiger partial charge >= 0.3 is 5.97 Å². The van der Waals surface area contributed by atoms with Crippen LogP contribution in [-0.4, -0.2) is 93.1 Å². The number of aliphatic hydroxyl groups is 2. The van der Waals surface area contributed by atoms with E-state index in [1.807, 2.05) is 21.1 Å². The van der Waals surface area contributed by atoms with Crippen molar-refractivity contribution in [1.29, 1.82) is 0 Å². The molecule has 53 heavy (non-hydrogen) atoms. The summed E-state index contributed by atoms with van der Waals surface area (Å²) < 4.78 is 34.5. The van der Waals surface area contributed by atoms with Crippen LogP contribution < -0.4 is 4.89 Å². The molecule has 10 nitrogen and oxygen atoms in total. The van der Waals surface area contributed by atoms with E-state index in [4.69, 9.17) is 18.5 Å². The predicted octanol–water partition coefficient (Wildman–Crippen LogP) is 9.81. The number of ether oxygens (including phenoxy) is 2. The molecule has 2 N–H and O–H groups in total. The summed E-state index contributed by atoms with van der Waals surface area (Å²) in [5.41, 5.74) is 0. The topological polar surface area (TPSA) is 135 Å². The van der Waals surface area contributed by atoms with Crippen LogP contribution in [-0.2, 0) is 27.9 Å². The Morgan fingerprint density at radius 1 is 0.585 bits per heavy atom. The maximum absolute atomic E-state index is 12.7. The van der Waals surface area contributed by atoms with Gasteiger partial charge < -0.3 is 38.1 Å². The number of quaternary nitrogens is 1. The van der Waals surface area contributed by atoms with E-state index in [9.17, 15) is 24.5 Å². The van der Waals surface area contributed by atoms with Crippen LogP contribution in [0.5, 0.6) is 0 Å². The van der Waals surface area contributed by atoms with Crippen LogP contribution in [0.15, 0.2) is 0 Å². The highest BCUT2D eigenvalue weighted by molar-refractivity contribution is 7.45. The number of hydrogen-bond acceptors (Lipinski definition) is 9. The normalized spacial score (nSPS) is 14.9. The van der Waals surface area contributed by atoms with Gasteiger partial charge in [-0.3, -0.25) is 9.36 Å². The minimum atomic E-state index is -4.55. The molecule has 0 aromatic heterocycles. The number of carbonyl (C=O) groups is 1. The Morgan fingerprint density at radius 2 is 1.00 bits per heavy atom. The molecule has 0 aliphatic rings. The van der Waals surface area contributed by atoms with Crippen LogP contribution in [0.2, 0.25) is 0 Å². The molecule has 0 heterocycles. The van der Waals surface area contributed by atoms with Crippen molar-refractivity contribution in [2.24, 2.45) is 0 Å². The van der Waals surface area contributed by atoms with E-state index in [1.54, 1.807) is 0 Å². The molecule has 0 aromatic carbocycles. The zero-order valence-electron chi connectivity index (χ0n) is 35.2. The third-order valence-corrected chi connectivity index (χ3v) is 10.8. The van der Waals surface area contributed by atoms with Gasteiger partial charge in [-0.05, 0) is 25.7 Å². The quantitative estimate of drug-likeness (QED) is 0.0269. The summed E-state index contributed by atoms with van der Waals surface area (Å²) in [6.07, 6.45) is 28.5. The Bertz CT molecular complexity index is 857. The van der Waals surface area contributed by atoms with Gasteiger partial charge in [-0.2, -0.15) is 0 Å². The molecule has 0 saturated carbocycles. The summed E-state index contributed by atoms with van der Waals surface area (Å²) in [7, 11) is 1.29. The second kappa shape index (κ2) is 35.8. The summed E-state index contributed by atoms with van der Waals surface area (Å²) in [6, 6.07) is 0. The molecule has 0 aromatic rings. The van der Waals surface area contributed by atoms with Crippen molar-refractivity contribution in [1.82, 2.24) is 0 Å². The number of hydrogen-bond donors (Lipinski definition) is 2. The first-order valence-electron chi connectivity index (χ1n) is 21.9. The van der Waals surface area contributed by atoms with Crippen LogP contribution in [0.3, 0.4) is 0 Å². The van der Waals surface area contributed by atoms with E-state index in [0.29, 0.717) is 36.9 Å². The lowest BCUT2D eigenvalue weighted by Gasteiger charge is -2.28. The number of phosphoric acid groups is 1. The molecular weight excluding hydrogens is 693 g/mol. The van der Waals surface area contributed by atoms with Gasteiger partial charge in [0, 0.05) is 13.0 Å². The smallest absolute Gasteiger partial charge is 0.306 e. The fraction of sp³-hybridized carbons (Fsp3) is 0.976. The number of aliphatic hydroxyl groups excluding tert-OH is 2. The number of rotatable bonds is 41. The number of unbranched alkanes of at least 4 members (excludes halogenated alkanes) is 22. The van der Waals surface area contributed by atoms with Crippen LogP contribution in [0.4, 0.5) is 0 Å². The second-order valence-corrected chi connectivity index (χ2v) is 17.8. The van der Waals surface area contributed by atoms with Crippen molar-refractivity contribution in [2.75, 3.05) is 54.1 Å². The fourth-order valence-corrected chi connectivity index (χ4v) is 7.01. The van der Waals surface area contributed by atoms with Gasteiger partial charge in [-0.15, -0.1) is 0 Å². The summed E-state index contributed by atoms with van der Waals surface area (Å²) in [5.74, 6) is -0.382. The van der Waals surface area contributed by atoms with Crippen molar-refractivity contribution >= 4 is 13.8 Å². The minimum absolute atomic E-state index is 0.00856. The van der Waals surface area contributed by atoms with Gasteiger partial charge in [0.15, 0.2) is 0 Å². The van der Waals surface area contributed by atoms with E-state index in [1.165, 1.54) is 83.5 Å². The zero-order chi connectivity index (χ0) is 39.5. The second-order valence-electron chi connectivity index (χ2n) is 16.4. The lowest BCUT2D eigenvalue weighted by atomic mass is 10.00. The lowest BCUT2D eigenvalue weighted by Crippen LogP contribution is -2.37. The van der Waals surface area contributed by atoms with Crippen LogP contribution >= 0.6 is 7.82 Å². The molecule has 0 spiro atoms. The molecule has 0 amide bonds. The highest BCUT2D eigenvalue weighted by atomic mass is 31.2. The van der Waals surface area contributed by atoms with Gasteiger partial charge in [0.1, 0.15) is 19.3 Å². The number of carbonyl (C=O) groups excluding carboxylic acids is 1. The maximum Gasteiger partial charge on any atom is 0.306 e. The Kier molecular flexibility index (Phi) is 35.4. The minimum Gasteiger partial charge on any atom is -0.756 e. The monoisotopic (exact) mass is 780 g/mol. The van der Waals surface area contributed by atoms with E-state index < -0.39 is 26.1 Å². The molecule has 0 aliphatic heterocycles. The molecule has 0 saturated heterocycles. The largest absolute Gasteiger partial charge is 0.756 e. The first-order chi connectivity index (χ1) is 25.4. The molecule has 4 unspecified atom stereocenters. The number of nitrogens with zero attached hydrogens (tertiary/aromatic N) is 1. The maximum atomic E-state index is 12.7. The van der Waals surface area contributed by atoms with Crippen LogP contribution in [0.25, 0.3) is 0 Å². The summed E-state index contributed by atoms with van der Waals surface area (Å²) in [4.78, 5) is 25.0. The van der Waals surface area contributed by atoms with Gasteiger partial charge in [0.05, 0.1) is 46.6 Å². The van der Waals surface area contributed by atoms with Crippen LogP contribution in [0, 0.1) is 0 Å². The Hall–Kier alpha value is -0.580. The third-order valence-electron chi connectivity index (χ3n) is 9.85. The Balaban J connectivity index is 4.29. The van der Waals surface area contributed by atoms with E-state index >= 15 is 0 Å². The van der Waals surface area contributed by atoms with Crippen molar-refractivity contribution in [3.63, 3.8) is 0 Å². The molecule has 0 aliphatic carbocycles. The number of esters is 1. The van der Waals surface area contributed by atoms with Gasteiger partial charge in [0.2, 0.25) is 0 Å². The van der Waals surface area contributed by atoms with E-state index in [-0.39, 0.29) is 32.2 Å². The van der Waals surface area contributed by atoms with Crippen LogP contribution in [0.1, 0.15) is 194 Å². The van der Waals surface area contributed by atoms with Gasteiger partial charge in [0.25, 0.3) is 7.82 Å². The number of likely N-dealkylation sites (N-methyl/N-ethyl adjacent to an activating group) is 1. The molecule has 0 fully saturated rings. The lowest BCUT2D eigenvalue weighted by molar-refractivity contribution is -0.870. The SMILES string of the molecule is CCCCCCCCCCCCCCCCOCC(COP(=O)([O-])OCC[N+](C)(C)C)OC(=O)CCCCCCCCCC(O)C(O)CCCCCC. The van der Waals surface area contributed by atoms with E-state index in [2.05, 4.69) is 13.8 Å². The van der Waals surface area contributed by atoms with Crippen molar-refractivity contribution < 1.29 is 47.5 Å². The van der Waals surface area contributed by atoms with Crippen molar-refractivity contribution in [3.8, 4) is 0 Å². The Morgan fingerprint density at radius 3 is 1.47 bits per heavy atom. The average molecular weight is 780 g/mol. The zero-order valence-corrected chi connectivity index (χ0v) is 36.1. The molecule has 0 bridgehead atoms. The first kappa shape index (κ1) is 52.4. The number of phosphoric ester groups is 1. The van der Waals surface area contributed by atoms with Gasteiger partial charge in [-0.25, -0.2) is 0 Å². The summed E-state index contributed by atoms with van der Waals surface area (Å²) in [6.45, 7) is 5.21. The summed E-state index contributed by atoms with van der Waals surface area (Å²) >= 11 is 0. The molecule has 4 atom stereocenters. The highest BCUT2D eigenvalue weighted by Crippen LogP contribution is 2.38. The van der Waals surface area contributed by atoms with E-state index in [0.717, 1.165) is 70.6 Å². The Labute approximate surface area is 326 Å².